The van der Waals surface area contributed by atoms with Crippen molar-refractivity contribution in [2.45, 2.75) is 19.0 Å². The molecule has 0 heterocycles. The molecule has 0 aliphatic heterocycles. The molecule has 2 rings (SSSR count). The number of hydrazine groups is 1. The number of halogens is 4. The smallest absolute Gasteiger partial charge is 0.418 e. The van der Waals surface area contributed by atoms with E-state index in [9.17, 15) is 22.4 Å². The van der Waals surface area contributed by atoms with Gasteiger partial charge in [0.25, 0.3) is 0 Å². The number of carbonyl (C=O) groups is 1. The maximum atomic E-state index is 13.0. The van der Waals surface area contributed by atoms with Crippen LogP contribution in [0.15, 0.2) is 48.5 Å². The number of hydrogen-bond acceptors (Lipinski definition) is 3. The highest BCUT2D eigenvalue weighted by atomic mass is 19.4. The molecule has 0 unspecified atom stereocenters. The Hall–Kier alpha value is -2.77. The van der Waals surface area contributed by atoms with Crippen molar-refractivity contribution in [1.82, 2.24) is 5.43 Å². The summed E-state index contributed by atoms with van der Waals surface area (Å²) in [6.45, 7) is 0.177. The van der Waals surface area contributed by atoms with Crippen LogP contribution in [-0.2, 0) is 11.0 Å². The van der Waals surface area contributed by atoms with Crippen LogP contribution in [0, 0.1) is 5.82 Å². The number of anilines is 1. The van der Waals surface area contributed by atoms with E-state index >= 15 is 0 Å². The van der Waals surface area contributed by atoms with Crippen molar-refractivity contribution in [2.75, 3.05) is 12.0 Å². The first-order valence-corrected chi connectivity index (χ1v) is 7.46. The van der Waals surface area contributed by atoms with Gasteiger partial charge in [0.05, 0.1) is 17.9 Å². The average molecular weight is 356 g/mol. The van der Waals surface area contributed by atoms with Crippen LogP contribution in [0.25, 0.3) is 0 Å². The van der Waals surface area contributed by atoms with E-state index in [0.717, 1.165) is 6.07 Å². The van der Waals surface area contributed by atoms with Crippen LogP contribution in [-0.4, -0.2) is 12.5 Å². The summed E-state index contributed by atoms with van der Waals surface area (Å²) in [5.41, 5.74) is 3.38. The molecule has 2 aromatic rings. The van der Waals surface area contributed by atoms with Crippen LogP contribution in [0.1, 0.15) is 18.4 Å². The molecule has 8 heteroatoms. The summed E-state index contributed by atoms with van der Waals surface area (Å²) in [6.07, 6.45) is -4.16. The van der Waals surface area contributed by atoms with Gasteiger partial charge in [0.1, 0.15) is 11.6 Å². The number of para-hydroxylation sites is 1. The summed E-state index contributed by atoms with van der Waals surface area (Å²) in [7, 11) is 0. The largest absolute Gasteiger partial charge is 0.493 e. The van der Waals surface area contributed by atoms with Gasteiger partial charge in [-0.25, -0.2) is 4.39 Å². The van der Waals surface area contributed by atoms with Gasteiger partial charge in [-0.05, 0) is 30.7 Å². The number of ether oxygens (including phenoxy) is 1. The third-order valence-corrected chi connectivity index (χ3v) is 3.18. The predicted molar refractivity (Wildman–Crippen MR) is 84.3 cm³/mol. The van der Waals surface area contributed by atoms with Crippen molar-refractivity contribution >= 4 is 11.6 Å². The van der Waals surface area contributed by atoms with Gasteiger partial charge in [-0.1, -0.05) is 18.2 Å². The van der Waals surface area contributed by atoms with Crippen molar-refractivity contribution in [2.24, 2.45) is 0 Å². The van der Waals surface area contributed by atoms with E-state index in [1.54, 1.807) is 6.07 Å². The van der Waals surface area contributed by atoms with E-state index < -0.39 is 23.5 Å². The molecular weight excluding hydrogens is 340 g/mol. The van der Waals surface area contributed by atoms with Gasteiger partial charge in [-0.15, -0.1) is 0 Å². The zero-order valence-corrected chi connectivity index (χ0v) is 13.1. The molecular formula is C17H16F4N2O2. The molecule has 0 saturated carbocycles. The Balaban J connectivity index is 1.74. The molecule has 25 heavy (non-hydrogen) atoms. The van der Waals surface area contributed by atoms with Gasteiger partial charge >= 0.3 is 6.18 Å². The third-order valence-electron chi connectivity index (χ3n) is 3.18. The topological polar surface area (TPSA) is 50.4 Å². The lowest BCUT2D eigenvalue weighted by Gasteiger charge is -2.15. The van der Waals surface area contributed by atoms with Crippen molar-refractivity contribution in [1.29, 1.82) is 0 Å². The van der Waals surface area contributed by atoms with E-state index in [1.807, 2.05) is 0 Å². The molecule has 0 saturated heterocycles. The summed E-state index contributed by atoms with van der Waals surface area (Å²) >= 11 is 0. The zero-order valence-electron chi connectivity index (χ0n) is 13.1. The average Bonchev–Trinajstić information content (AvgIpc) is 2.56. The number of nitrogens with one attached hydrogen (secondary N) is 2. The number of hydrogen-bond donors (Lipinski definition) is 2. The fourth-order valence-corrected chi connectivity index (χ4v) is 2.02. The monoisotopic (exact) mass is 356 g/mol. The molecule has 2 aromatic carbocycles. The Kier molecular flexibility index (Phi) is 6.21. The van der Waals surface area contributed by atoms with Gasteiger partial charge in [-0.2, -0.15) is 13.2 Å². The maximum absolute atomic E-state index is 13.0. The SMILES string of the molecule is O=C(CCCOc1cccc(F)c1)NNc1ccccc1C(F)(F)F. The first kappa shape index (κ1) is 18.6. The minimum atomic E-state index is -4.52. The standard InChI is InChI=1S/C17H16F4N2O2/c18-12-5-3-6-13(11-12)25-10-4-9-16(24)23-22-15-8-2-1-7-14(15)17(19,20)21/h1-3,5-8,11,22H,4,9-10H2,(H,23,24). The zero-order chi connectivity index (χ0) is 18.3. The maximum Gasteiger partial charge on any atom is 0.418 e. The van der Waals surface area contributed by atoms with Gasteiger partial charge in [0.2, 0.25) is 5.91 Å². The lowest BCUT2D eigenvalue weighted by Crippen LogP contribution is -2.30. The van der Waals surface area contributed by atoms with Gasteiger partial charge in [-0.3, -0.25) is 15.6 Å². The van der Waals surface area contributed by atoms with Crippen LogP contribution in [0.4, 0.5) is 23.2 Å². The summed E-state index contributed by atoms with van der Waals surface area (Å²) in [4.78, 5) is 11.7. The molecule has 2 N–H and O–H groups in total. The van der Waals surface area contributed by atoms with Crippen LogP contribution in [0.5, 0.6) is 5.75 Å². The highest BCUT2D eigenvalue weighted by Crippen LogP contribution is 2.34. The van der Waals surface area contributed by atoms with E-state index in [2.05, 4.69) is 10.9 Å². The molecule has 0 radical (unpaired) electrons. The molecule has 134 valence electrons. The molecule has 0 bridgehead atoms. The molecule has 0 aliphatic rings. The molecule has 0 spiro atoms. The van der Waals surface area contributed by atoms with E-state index in [4.69, 9.17) is 4.74 Å². The molecule has 0 atom stereocenters. The molecule has 1 amide bonds. The Morgan fingerprint density at radius 1 is 1.08 bits per heavy atom. The number of rotatable bonds is 7. The van der Waals surface area contributed by atoms with Gasteiger partial charge in [0, 0.05) is 12.5 Å². The van der Waals surface area contributed by atoms with Crippen molar-refractivity contribution in [3.63, 3.8) is 0 Å². The van der Waals surface area contributed by atoms with E-state index in [0.29, 0.717) is 12.2 Å². The van der Waals surface area contributed by atoms with Crippen LogP contribution < -0.4 is 15.6 Å². The first-order valence-electron chi connectivity index (χ1n) is 7.46. The quantitative estimate of drug-likeness (QED) is 0.445. The molecule has 0 fully saturated rings. The van der Waals surface area contributed by atoms with Crippen molar-refractivity contribution < 1.29 is 27.1 Å². The second-order valence-corrected chi connectivity index (χ2v) is 5.13. The van der Waals surface area contributed by atoms with Crippen LogP contribution in [0.3, 0.4) is 0 Å². The lowest BCUT2D eigenvalue weighted by atomic mass is 10.2. The molecule has 0 aliphatic carbocycles. The summed E-state index contributed by atoms with van der Waals surface area (Å²) in [5.74, 6) is -0.569. The van der Waals surface area contributed by atoms with Crippen LogP contribution in [0.2, 0.25) is 0 Å². The minimum absolute atomic E-state index is 0.0382. The van der Waals surface area contributed by atoms with Gasteiger partial charge in [0.15, 0.2) is 0 Å². The normalized spacial score (nSPS) is 11.0. The number of carbonyl (C=O) groups excluding carboxylic acids is 1. The number of amides is 1. The van der Waals surface area contributed by atoms with Crippen molar-refractivity contribution in [3.8, 4) is 5.75 Å². The van der Waals surface area contributed by atoms with E-state index in [1.165, 1.54) is 36.4 Å². The van der Waals surface area contributed by atoms with Gasteiger partial charge < -0.3 is 4.74 Å². The fourth-order valence-electron chi connectivity index (χ4n) is 2.02. The Labute approximate surface area is 141 Å². The Morgan fingerprint density at radius 2 is 1.84 bits per heavy atom. The lowest BCUT2D eigenvalue weighted by molar-refractivity contribution is -0.137. The Morgan fingerprint density at radius 3 is 2.56 bits per heavy atom. The summed E-state index contributed by atoms with van der Waals surface area (Å²) in [5, 5.41) is 0. The fraction of sp³-hybridized carbons (Fsp3) is 0.235. The molecule has 4 nitrogen and oxygen atoms in total. The third kappa shape index (κ3) is 5.98. The second-order valence-electron chi connectivity index (χ2n) is 5.13. The summed E-state index contributed by atoms with van der Waals surface area (Å²) < 4.78 is 56.7. The molecule has 0 aromatic heterocycles. The minimum Gasteiger partial charge on any atom is -0.493 e. The second kappa shape index (κ2) is 8.36. The highest BCUT2D eigenvalue weighted by molar-refractivity contribution is 5.77. The first-order chi connectivity index (χ1) is 11.9. The summed E-state index contributed by atoms with van der Waals surface area (Å²) in [6, 6.07) is 10.4. The van der Waals surface area contributed by atoms with Crippen molar-refractivity contribution in [3.05, 3.63) is 59.9 Å². The van der Waals surface area contributed by atoms with E-state index in [-0.39, 0.29) is 18.7 Å². The van der Waals surface area contributed by atoms with Crippen LogP contribution >= 0.6 is 0 Å². The Bertz CT molecular complexity index is 720. The predicted octanol–water partition coefficient (Wildman–Crippen LogP) is 4.15. The number of benzene rings is 2. The highest BCUT2D eigenvalue weighted by Gasteiger charge is 2.33. The number of alkyl halides is 3.